The second-order valence-corrected chi connectivity index (χ2v) is 6.57. The van der Waals surface area contributed by atoms with Crippen molar-refractivity contribution in [1.82, 2.24) is 5.32 Å². The Morgan fingerprint density at radius 2 is 1.68 bits per heavy atom. The van der Waals surface area contributed by atoms with Crippen LogP contribution in [0.4, 0.5) is 5.69 Å². The van der Waals surface area contributed by atoms with Crippen molar-refractivity contribution >= 4 is 23.5 Å². The summed E-state index contributed by atoms with van der Waals surface area (Å²) in [5.41, 5.74) is 1.10. The number of nitrogens with one attached hydrogen (secondary N) is 2. The number of hydrogen-bond donors (Lipinski definition) is 3. The molecule has 0 saturated heterocycles. The van der Waals surface area contributed by atoms with Crippen LogP contribution in [0.1, 0.15) is 61.7 Å². The standard InChI is InChI=1S/C19H26N2O4/c22-17(11-6-14-4-2-1-3-5-14)21-16-9-7-15(8-10-16)19(25)20-13-12-18(23)24/h7-10,14H,1-6,11-13H2,(H,20,25)(H,21,22)(H,23,24). The van der Waals surface area contributed by atoms with Gasteiger partial charge in [0, 0.05) is 24.2 Å². The van der Waals surface area contributed by atoms with Crippen molar-refractivity contribution in [2.24, 2.45) is 5.92 Å². The monoisotopic (exact) mass is 346 g/mol. The molecule has 1 aromatic rings. The van der Waals surface area contributed by atoms with Crippen molar-refractivity contribution in [3.05, 3.63) is 29.8 Å². The predicted octanol–water partition coefficient (Wildman–Crippen LogP) is 3.19. The Morgan fingerprint density at radius 3 is 2.32 bits per heavy atom. The Morgan fingerprint density at radius 1 is 1.00 bits per heavy atom. The van der Waals surface area contributed by atoms with Crippen LogP contribution in [-0.4, -0.2) is 29.4 Å². The van der Waals surface area contributed by atoms with Gasteiger partial charge in [0.25, 0.3) is 5.91 Å². The Kier molecular flexibility index (Phi) is 7.44. The minimum Gasteiger partial charge on any atom is -0.481 e. The summed E-state index contributed by atoms with van der Waals surface area (Å²) in [7, 11) is 0. The van der Waals surface area contributed by atoms with Crippen molar-refractivity contribution in [3.63, 3.8) is 0 Å². The van der Waals surface area contributed by atoms with E-state index in [4.69, 9.17) is 5.11 Å². The van der Waals surface area contributed by atoms with Crippen LogP contribution in [0.15, 0.2) is 24.3 Å². The topological polar surface area (TPSA) is 95.5 Å². The molecule has 0 unspecified atom stereocenters. The molecule has 25 heavy (non-hydrogen) atoms. The number of anilines is 1. The average Bonchev–Trinajstić information content (AvgIpc) is 2.61. The minimum absolute atomic E-state index is 0.00392. The van der Waals surface area contributed by atoms with E-state index in [2.05, 4.69) is 10.6 Å². The Labute approximate surface area is 148 Å². The highest BCUT2D eigenvalue weighted by Crippen LogP contribution is 2.27. The lowest BCUT2D eigenvalue weighted by Crippen LogP contribution is -2.25. The first-order chi connectivity index (χ1) is 12.0. The molecule has 3 N–H and O–H groups in total. The van der Waals surface area contributed by atoms with Gasteiger partial charge in [-0.1, -0.05) is 32.1 Å². The van der Waals surface area contributed by atoms with Crippen LogP contribution in [0.3, 0.4) is 0 Å². The van der Waals surface area contributed by atoms with Gasteiger partial charge in [-0.25, -0.2) is 0 Å². The quantitative estimate of drug-likeness (QED) is 0.673. The largest absolute Gasteiger partial charge is 0.481 e. The molecule has 1 aliphatic carbocycles. The van der Waals surface area contributed by atoms with Crippen LogP contribution in [0, 0.1) is 5.92 Å². The number of aliphatic carboxylic acids is 1. The van der Waals surface area contributed by atoms with Crippen molar-refractivity contribution in [2.45, 2.75) is 51.4 Å². The molecule has 0 radical (unpaired) electrons. The molecule has 0 bridgehead atoms. The van der Waals surface area contributed by atoms with Gasteiger partial charge in [0.2, 0.25) is 5.91 Å². The van der Waals surface area contributed by atoms with Crippen LogP contribution < -0.4 is 10.6 Å². The number of benzene rings is 1. The molecule has 0 atom stereocenters. The maximum atomic E-state index is 12.0. The number of rotatable bonds is 8. The molecule has 2 rings (SSSR count). The fourth-order valence-electron chi connectivity index (χ4n) is 3.12. The van der Waals surface area contributed by atoms with Crippen LogP contribution >= 0.6 is 0 Å². The van der Waals surface area contributed by atoms with E-state index in [-0.39, 0.29) is 24.8 Å². The van der Waals surface area contributed by atoms with E-state index in [0.717, 1.165) is 6.42 Å². The molecule has 1 saturated carbocycles. The third kappa shape index (κ3) is 6.95. The van der Waals surface area contributed by atoms with E-state index >= 15 is 0 Å². The number of carboxylic acid groups (broad SMARTS) is 1. The maximum absolute atomic E-state index is 12.0. The normalized spacial score (nSPS) is 14.7. The van der Waals surface area contributed by atoms with E-state index in [9.17, 15) is 14.4 Å². The highest BCUT2D eigenvalue weighted by Gasteiger charge is 2.15. The van der Waals surface area contributed by atoms with Crippen molar-refractivity contribution in [3.8, 4) is 0 Å². The summed E-state index contributed by atoms with van der Waals surface area (Å²) in [4.78, 5) is 34.3. The zero-order valence-electron chi connectivity index (χ0n) is 14.4. The average molecular weight is 346 g/mol. The second-order valence-electron chi connectivity index (χ2n) is 6.57. The molecule has 0 aliphatic heterocycles. The molecule has 2 amide bonds. The lowest BCUT2D eigenvalue weighted by Gasteiger charge is -2.21. The lowest BCUT2D eigenvalue weighted by atomic mass is 9.86. The van der Waals surface area contributed by atoms with Gasteiger partial charge >= 0.3 is 5.97 Å². The molecular weight excluding hydrogens is 320 g/mol. The van der Waals surface area contributed by atoms with Crippen LogP contribution in [0.5, 0.6) is 0 Å². The summed E-state index contributed by atoms with van der Waals surface area (Å²) in [6, 6.07) is 6.61. The molecule has 1 aliphatic rings. The van der Waals surface area contributed by atoms with Gasteiger partial charge in [0.1, 0.15) is 0 Å². The fourth-order valence-corrected chi connectivity index (χ4v) is 3.12. The van der Waals surface area contributed by atoms with Crippen LogP contribution in [0.2, 0.25) is 0 Å². The molecule has 0 heterocycles. The third-order valence-electron chi connectivity index (χ3n) is 4.56. The van der Waals surface area contributed by atoms with Gasteiger partial charge in [-0.2, -0.15) is 0 Å². The summed E-state index contributed by atoms with van der Waals surface area (Å²) in [5, 5.41) is 14.0. The van der Waals surface area contributed by atoms with Gasteiger partial charge in [0.05, 0.1) is 6.42 Å². The molecule has 6 nitrogen and oxygen atoms in total. The zero-order chi connectivity index (χ0) is 18.1. The molecule has 0 spiro atoms. The Balaban J connectivity index is 1.74. The summed E-state index contributed by atoms with van der Waals surface area (Å²) in [5.74, 6) is -0.594. The molecule has 136 valence electrons. The van der Waals surface area contributed by atoms with Crippen LogP contribution in [-0.2, 0) is 9.59 Å². The molecule has 1 fully saturated rings. The summed E-state index contributed by atoms with van der Waals surface area (Å²) >= 11 is 0. The number of carbonyl (C=O) groups is 3. The Hall–Kier alpha value is -2.37. The van der Waals surface area contributed by atoms with E-state index in [1.165, 1.54) is 32.1 Å². The highest BCUT2D eigenvalue weighted by molar-refractivity contribution is 5.95. The SMILES string of the molecule is O=C(O)CCNC(=O)c1ccc(NC(=O)CCC2CCCCC2)cc1. The number of amides is 2. The van der Waals surface area contributed by atoms with E-state index in [1.54, 1.807) is 24.3 Å². The van der Waals surface area contributed by atoms with Gasteiger partial charge < -0.3 is 15.7 Å². The summed E-state index contributed by atoms with van der Waals surface area (Å²) in [6.07, 6.45) is 7.71. The molecule has 0 aromatic heterocycles. The fraction of sp³-hybridized carbons (Fsp3) is 0.526. The van der Waals surface area contributed by atoms with Crippen molar-refractivity contribution < 1.29 is 19.5 Å². The van der Waals surface area contributed by atoms with E-state index < -0.39 is 5.97 Å². The lowest BCUT2D eigenvalue weighted by molar-refractivity contribution is -0.136. The first-order valence-corrected chi connectivity index (χ1v) is 8.94. The zero-order valence-corrected chi connectivity index (χ0v) is 14.4. The summed E-state index contributed by atoms with van der Waals surface area (Å²) in [6.45, 7) is 0.0911. The van der Waals surface area contributed by atoms with Crippen molar-refractivity contribution in [2.75, 3.05) is 11.9 Å². The van der Waals surface area contributed by atoms with Gasteiger partial charge in [-0.15, -0.1) is 0 Å². The van der Waals surface area contributed by atoms with Gasteiger partial charge in [-0.3, -0.25) is 14.4 Å². The maximum Gasteiger partial charge on any atom is 0.305 e. The smallest absolute Gasteiger partial charge is 0.305 e. The second kappa shape index (κ2) is 9.81. The molecule has 6 heteroatoms. The minimum atomic E-state index is -0.952. The van der Waals surface area contributed by atoms with Crippen molar-refractivity contribution in [1.29, 1.82) is 0 Å². The Bertz CT molecular complexity index is 592. The molecule has 1 aromatic carbocycles. The van der Waals surface area contributed by atoms with Gasteiger partial charge in [0.15, 0.2) is 0 Å². The highest BCUT2D eigenvalue weighted by atomic mass is 16.4. The molecular formula is C19H26N2O4. The number of carbonyl (C=O) groups excluding carboxylic acids is 2. The van der Waals surface area contributed by atoms with Crippen LogP contribution in [0.25, 0.3) is 0 Å². The third-order valence-corrected chi connectivity index (χ3v) is 4.56. The van der Waals surface area contributed by atoms with E-state index in [1.807, 2.05) is 0 Å². The first kappa shape index (κ1) is 19.0. The predicted molar refractivity (Wildman–Crippen MR) is 95.5 cm³/mol. The van der Waals surface area contributed by atoms with Gasteiger partial charge in [-0.05, 0) is 36.6 Å². The number of carboxylic acids is 1. The van der Waals surface area contributed by atoms with E-state index in [0.29, 0.717) is 23.6 Å². The summed E-state index contributed by atoms with van der Waals surface area (Å²) < 4.78 is 0. The number of hydrogen-bond acceptors (Lipinski definition) is 3. The first-order valence-electron chi connectivity index (χ1n) is 8.94.